The summed E-state index contributed by atoms with van der Waals surface area (Å²) in [6, 6.07) is 10.3. The standard InChI is InChI=1S/C18H15N5S/c1-12-11-24-18-15(12)17(21-9-13-5-3-2-4-6-13)22-16(23-18)14-10-19-7-8-20-14/h2-8,10-11H,9H2,1H3,(H,21,22,23). The second-order valence-corrected chi connectivity index (χ2v) is 6.28. The van der Waals surface area contributed by atoms with Gasteiger partial charge < -0.3 is 5.32 Å². The van der Waals surface area contributed by atoms with E-state index in [0.717, 1.165) is 16.0 Å². The molecule has 4 rings (SSSR count). The molecule has 4 aromatic rings. The molecule has 118 valence electrons. The molecule has 24 heavy (non-hydrogen) atoms. The Labute approximate surface area is 143 Å². The van der Waals surface area contributed by atoms with E-state index in [9.17, 15) is 0 Å². The van der Waals surface area contributed by atoms with E-state index in [-0.39, 0.29) is 0 Å². The molecule has 1 N–H and O–H groups in total. The summed E-state index contributed by atoms with van der Waals surface area (Å²) in [6.07, 6.45) is 4.98. The molecule has 6 heteroatoms. The van der Waals surface area contributed by atoms with Crippen LogP contribution < -0.4 is 5.32 Å². The lowest BCUT2D eigenvalue weighted by Crippen LogP contribution is -2.04. The molecule has 0 radical (unpaired) electrons. The number of hydrogen-bond donors (Lipinski definition) is 1. The van der Waals surface area contributed by atoms with E-state index in [1.54, 1.807) is 29.9 Å². The molecule has 0 bridgehead atoms. The molecule has 3 aromatic heterocycles. The zero-order valence-electron chi connectivity index (χ0n) is 13.1. The van der Waals surface area contributed by atoms with Crippen LogP contribution in [0.3, 0.4) is 0 Å². The summed E-state index contributed by atoms with van der Waals surface area (Å²) >= 11 is 1.62. The van der Waals surface area contributed by atoms with Crippen LogP contribution in [0, 0.1) is 6.92 Å². The van der Waals surface area contributed by atoms with Crippen molar-refractivity contribution in [2.45, 2.75) is 13.5 Å². The molecule has 0 fully saturated rings. The van der Waals surface area contributed by atoms with Gasteiger partial charge in [0.15, 0.2) is 5.82 Å². The summed E-state index contributed by atoms with van der Waals surface area (Å²) in [6.45, 7) is 2.79. The minimum Gasteiger partial charge on any atom is -0.365 e. The minimum atomic E-state index is 0.591. The van der Waals surface area contributed by atoms with Gasteiger partial charge in [-0.05, 0) is 23.4 Å². The summed E-state index contributed by atoms with van der Waals surface area (Å²) in [5.74, 6) is 1.43. The van der Waals surface area contributed by atoms with Crippen molar-refractivity contribution in [1.82, 2.24) is 19.9 Å². The summed E-state index contributed by atoms with van der Waals surface area (Å²) in [4.78, 5) is 18.7. The highest BCUT2D eigenvalue weighted by atomic mass is 32.1. The molecule has 5 nitrogen and oxygen atoms in total. The van der Waals surface area contributed by atoms with Gasteiger partial charge >= 0.3 is 0 Å². The van der Waals surface area contributed by atoms with Gasteiger partial charge in [0.1, 0.15) is 16.3 Å². The zero-order valence-corrected chi connectivity index (χ0v) is 13.9. The molecule has 0 aliphatic carbocycles. The molecule has 0 aliphatic heterocycles. The lowest BCUT2D eigenvalue weighted by molar-refractivity contribution is 1.09. The fourth-order valence-corrected chi connectivity index (χ4v) is 3.44. The predicted octanol–water partition coefficient (Wildman–Crippen LogP) is 4.07. The third-order valence-electron chi connectivity index (χ3n) is 3.71. The maximum absolute atomic E-state index is 4.70. The van der Waals surface area contributed by atoms with Crippen LogP contribution in [-0.4, -0.2) is 19.9 Å². The zero-order chi connectivity index (χ0) is 16.4. The number of benzene rings is 1. The molecule has 0 saturated carbocycles. The Morgan fingerprint density at radius 3 is 2.75 bits per heavy atom. The highest BCUT2D eigenvalue weighted by Crippen LogP contribution is 2.31. The Hall–Kier alpha value is -2.86. The first-order valence-corrected chi connectivity index (χ1v) is 8.49. The lowest BCUT2D eigenvalue weighted by Gasteiger charge is -2.09. The summed E-state index contributed by atoms with van der Waals surface area (Å²) < 4.78 is 0. The molecule has 0 aliphatic rings. The number of fused-ring (bicyclic) bond motifs is 1. The summed E-state index contributed by atoms with van der Waals surface area (Å²) in [5, 5.41) is 6.63. The van der Waals surface area contributed by atoms with Gasteiger partial charge in [-0.3, -0.25) is 4.98 Å². The molecule has 0 unspecified atom stereocenters. The third kappa shape index (κ3) is 2.83. The molecular formula is C18H15N5S. The first-order chi connectivity index (χ1) is 11.8. The van der Waals surface area contributed by atoms with Crippen LogP contribution in [0.4, 0.5) is 5.82 Å². The van der Waals surface area contributed by atoms with Crippen molar-refractivity contribution >= 4 is 27.4 Å². The number of anilines is 1. The number of nitrogens with zero attached hydrogens (tertiary/aromatic N) is 4. The summed E-state index contributed by atoms with van der Waals surface area (Å²) in [5.41, 5.74) is 3.06. The molecular weight excluding hydrogens is 318 g/mol. The van der Waals surface area contributed by atoms with E-state index in [1.807, 2.05) is 18.2 Å². The van der Waals surface area contributed by atoms with Crippen LogP contribution >= 0.6 is 11.3 Å². The van der Waals surface area contributed by atoms with Gasteiger partial charge in [-0.25, -0.2) is 15.0 Å². The number of aryl methyl sites for hydroxylation is 1. The van der Waals surface area contributed by atoms with Crippen LogP contribution in [0.25, 0.3) is 21.7 Å². The van der Waals surface area contributed by atoms with Crippen LogP contribution in [0.5, 0.6) is 0 Å². The van der Waals surface area contributed by atoms with Crippen molar-refractivity contribution in [3.63, 3.8) is 0 Å². The smallest absolute Gasteiger partial charge is 0.183 e. The Balaban J connectivity index is 1.76. The Kier molecular flexibility index (Phi) is 3.88. The normalized spacial score (nSPS) is 10.9. The maximum atomic E-state index is 4.70. The van der Waals surface area contributed by atoms with E-state index in [2.05, 4.69) is 44.7 Å². The fourth-order valence-electron chi connectivity index (χ4n) is 2.52. The van der Waals surface area contributed by atoms with Crippen LogP contribution in [0.1, 0.15) is 11.1 Å². The van der Waals surface area contributed by atoms with Crippen molar-refractivity contribution < 1.29 is 0 Å². The quantitative estimate of drug-likeness (QED) is 0.610. The van der Waals surface area contributed by atoms with E-state index in [4.69, 9.17) is 4.98 Å². The SMILES string of the molecule is Cc1csc2nc(-c3cnccn3)nc(NCc3ccccc3)c12. The highest BCUT2D eigenvalue weighted by molar-refractivity contribution is 7.17. The monoisotopic (exact) mass is 333 g/mol. The van der Waals surface area contributed by atoms with Gasteiger partial charge in [-0.1, -0.05) is 30.3 Å². The Morgan fingerprint density at radius 2 is 1.96 bits per heavy atom. The number of rotatable bonds is 4. The maximum Gasteiger partial charge on any atom is 0.183 e. The van der Waals surface area contributed by atoms with Gasteiger partial charge in [0.05, 0.1) is 11.6 Å². The van der Waals surface area contributed by atoms with E-state index in [1.165, 1.54) is 11.1 Å². The first kappa shape index (κ1) is 14.7. The molecule has 1 aromatic carbocycles. The average Bonchev–Trinajstić information content (AvgIpc) is 3.02. The number of nitrogens with one attached hydrogen (secondary N) is 1. The van der Waals surface area contributed by atoms with E-state index in [0.29, 0.717) is 18.1 Å². The third-order valence-corrected chi connectivity index (χ3v) is 4.70. The van der Waals surface area contributed by atoms with Crippen LogP contribution in [-0.2, 0) is 6.54 Å². The molecule has 0 amide bonds. The van der Waals surface area contributed by atoms with Gasteiger partial charge in [-0.15, -0.1) is 11.3 Å². The van der Waals surface area contributed by atoms with Gasteiger partial charge in [-0.2, -0.15) is 0 Å². The topological polar surface area (TPSA) is 63.6 Å². The number of aromatic nitrogens is 4. The second kappa shape index (κ2) is 6.33. The van der Waals surface area contributed by atoms with E-state index < -0.39 is 0 Å². The van der Waals surface area contributed by atoms with Crippen LogP contribution in [0.2, 0.25) is 0 Å². The van der Waals surface area contributed by atoms with E-state index >= 15 is 0 Å². The van der Waals surface area contributed by atoms with Crippen molar-refractivity contribution in [3.8, 4) is 11.5 Å². The molecule has 0 atom stereocenters. The van der Waals surface area contributed by atoms with Crippen molar-refractivity contribution in [2.75, 3.05) is 5.32 Å². The molecule has 0 saturated heterocycles. The predicted molar refractivity (Wildman–Crippen MR) is 96.9 cm³/mol. The Morgan fingerprint density at radius 1 is 1.08 bits per heavy atom. The van der Waals surface area contributed by atoms with Crippen LogP contribution in [0.15, 0.2) is 54.3 Å². The number of thiophene rings is 1. The van der Waals surface area contributed by atoms with Crippen molar-refractivity contribution in [3.05, 3.63) is 65.4 Å². The van der Waals surface area contributed by atoms with Gasteiger partial charge in [0.2, 0.25) is 0 Å². The summed E-state index contributed by atoms with van der Waals surface area (Å²) in [7, 11) is 0. The molecule has 3 heterocycles. The Bertz CT molecular complexity index is 967. The second-order valence-electron chi connectivity index (χ2n) is 5.42. The van der Waals surface area contributed by atoms with Crippen molar-refractivity contribution in [1.29, 1.82) is 0 Å². The van der Waals surface area contributed by atoms with Crippen molar-refractivity contribution in [2.24, 2.45) is 0 Å². The first-order valence-electron chi connectivity index (χ1n) is 7.61. The van der Waals surface area contributed by atoms with Gasteiger partial charge in [0, 0.05) is 18.9 Å². The highest BCUT2D eigenvalue weighted by Gasteiger charge is 2.13. The lowest BCUT2D eigenvalue weighted by atomic mass is 10.2. The minimum absolute atomic E-state index is 0.591. The average molecular weight is 333 g/mol. The number of hydrogen-bond acceptors (Lipinski definition) is 6. The molecule has 0 spiro atoms. The fraction of sp³-hybridized carbons (Fsp3) is 0.111. The van der Waals surface area contributed by atoms with Gasteiger partial charge in [0.25, 0.3) is 0 Å². The largest absolute Gasteiger partial charge is 0.365 e.